The second-order valence-corrected chi connectivity index (χ2v) is 6.80. The van der Waals surface area contributed by atoms with Crippen LogP contribution in [-0.4, -0.2) is 17.7 Å². The van der Waals surface area contributed by atoms with Crippen molar-refractivity contribution < 1.29 is 5.11 Å². The Hall–Kier alpha value is -1.02. The van der Waals surface area contributed by atoms with Gasteiger partial charge in [-0.05, 0) is 37.7 Å². The summed E-state index contributed by atoms with van der Waals surface area (Å²) in [6.07, 6.45) is 6.95. The second kappa shape index (κ2) is 7.84. The number of benzene rings is 1. The smallest absolute Gasteiger partial charge is 0.0807 e. The van der Waals surface area contributed by atoms with E-state index < -0.39 is 0 Å². The Morgan fingerprint density at radius 2 is 1.86 bits per heavy atom. The van der Waals surface area contributed by atoms with Crippen LogP contribution in [0.25, 0.3) is 0 Å². The van der Waals surface area contributed by atoms with Crippen LogP contribution in [0.4, 0.5) is 5.69 Å². The first kappa shape index (κ1) is 16.4. The fourth-order valence-electron chi connectivity index (χ4n) is 3.36. The summed E-state index contributed by atoms with van der Waals surface area (Å²) in [7, 11) is 0. The molecule has 0 aromatic heterocycles. The number of nitrogens with zero attached hydrogens (tertiary/aromatic N) is 1. The highest BCUT2D eigenvalue weighted by Crippen LogP contribution is 2.34. The van der Waals surface area contributed by atoms with Crippen molar-refractivity contribution in [2.24, 2.45) is 5.92 Å². The minimum atomic E-state index is -0.343. The summed E-state index contributed by atoms with van der Waals surface area (Å²) in [5, 5.41) is 10.4. The van der Waals surface area contributed by atoms with Gasteiger partial charge in [0, 0.05) is 23.8 Å². The van der Waals surface area contributed by atoms with Crippen molar-refractivity contribution >= 4 is 5.69 Å². The second-order valence-electron chi connectivity index (χ2n) is 6.80. The number of aliphatic hydroxyl groups excluding tert-OH is 1. The Kier molecular flexibility index (Phi) is 6.10. The van der Waals surface area contributed by atoms with E-state index in [-0.39, 0.29) is 6.10 Å². The van der Waals surface area contributed by atoms with E-state index in [4.69, 9.17) is 0 Å². The molecule has 0 saturated heterocycles. The largest absolute Gasteiger partial charge is 0.388 e. The van der Waals surface area contributed by atoms with Crippen LogP contribution >= 0.6 is 0 Å². The summed E-state index contributed by atoms with van der Waals surface area (Å²) in [6.45, 7) is 7.74. The van der Waals surface area contributed by atoms with Crippen LogP contribution in [0.3, 0.4) is 0 Å². The topological polar surface area (TPSA) is 23.5 Å². The van der Waals surface area contributed by atoms with Gasteiger partial charge in [-0.25, -0.2) is 0 Å². The van der Waals surface area contributed by atoms with E-state index >= 15 is 0 Å². The Morgan fingerprint density at radius 3 is 2.48 bits per heavy atom. The summed E-state index contributed by atoms with van der Waals surface area (Å²) in [6, 6.07) is 9.12. The van der Waals surface area contributed by atoms with Crippen molar-refractivity contribution in [3.63, 3.8) is 0 Å². The van der Waals surface area contributed by atoms with Gasteiger partial charge in [0.15, 0.2) is 0 Å². The number of hydrogen-bond donors (Lipinski definition) is 1. The lowest BCUT2D eigenvalue weighted by atomic mass is 10.0. The highest BCUT2D eigenvalue weighted by Gasteiger charge is 2.25. The molecule has 1 N–H and O–H groups in total. The van der Waals surface area contributed by atoms with Gasteiger partial charge in [0.25, 0.3) is 0 Å². The van der Waals surface area contributed by atoms with Gasteiger partial charge < -0.3 is 10.0 Å². The van der Waals surface area contributed by atoms with E-state index in [2.05, 4.69) is 43.9 Å². The van der Waals surface area contributed by atoms with E-state index in [9.17, 15) is 5.11 Å². The van der Waals surface area contributed by atoms with Crippen molar-refractivity contribution in [3.8, 4) is 0 Å². The van der Waals surface area contributed by atoms with Crippen molar-refractivity contribution in [2.75, 3.05) is 11.4 Å². The van der Waals surface area contributed by atoms with Crippen LogP contribution in [0.5, 0.6) is 0 Å². The fraction of sp³-hybridized carbons (Fsp3) is 0.684. The number of anilines is 1. The van der Waals surface area contributed by atoms with Crippen LogP contribution in [0, 0.1) is 5.92 Å². The highest BCUT2D eigenvalue weighted by atomic mass is 16.3. The third-order valence-corrected chi connectivity index (χ3v) is 4.70. The maximum Gasteiger partial charge on any atom is 0.0807 e. The molecule has 0 radical (unpaired) electrons. The summed E-state index contributed by atoms with van der Waals surface area (Å²) in [5.41, 5.74) is 2.37. The Balaban J connectivity index is 2.26. The number of para-hydroxylation sites is 1. The molecule has 0 bridgehead atoms. The molecular formula is C19H31NO. The lowest BCUT2D eigenvalue weighted by molar-refractivity contribution is 0.174. The van der Waals surface area contributed by atoms with Gasteiger partial charge >= 0.3 is 0 Å². The molecule has 1 saturated carbocycles. The normalized spacial score (nSPS) is 17.4. The molecule has 1 aliphatic carbocycles. The summed E-state index contributed by atoms with van der Waals surface area (Å²) in [4.78, 5) is 2.58. The van der Waals surface area contributed by atoms with Gasteiger partial charge in [0.2, 0.25) is 0 Å². The van der Waals surface area contributed by atoms with E-state index in [1.165, 1.54) is 37.8 Å². The average molecular weight is 289 g/mol. The Bertz CT molecular complexity index is 423. The zero-order valence-electron chi connectivity index (χ0n) is 13.9. The summed E-state index contributed by atoms with van der Waals surface area (Å²) < 4.78 is 0. The predicted octanol–water partition coefficient (Wildman–Crippen LogP) is 4.93. The number of hydrogen-bond acceptors (Lipinski definition) is 2. The minimum Gasteiger partial charge on any atom is -0.388 e. The Labute approximate surface area is 130 Å². The van der Waals surface area contributed by atoms with Gasteiger partial charge in [-0.3, -0.25) is 0 Å². The number of rotatable bonds is 7. The molecule has 1 fully saturated rings. The summed E-state index contributed by atoms with van der Waals surface area (Å²) >= 11 is 0. The molecule has 0 aliphatic heterocycles. The molecule has 1 aliphatic rings. The zero-order chi connectivity index (χ0) is 15.2. The van der Waals surface area contributed by atoms with Gasteiger partial charge in [0.1, 0.15) is 0 Å². The van der Waals surface area contributed by atoms with E-state index in [1.807, 2.05) is 6.07 Å². The van der Waals surface area contributed by atoms with Crippen LogP contribution in [0.1, 0.15) is 71.0 Å². The van der Waals surface area contributed by atoms with E-state index in [0.717, 1.165) is 24.4 Å². The van der Waals surface area contributed by atoms with Crippen molar-refractivity contribution in [2.45, 2.75) is 71.4 Å². The molecule has 21 heavy (non-hydrogen) atoms. The first-order valence-electron chi connectivity index (χ1n) is 8.67. The van der Waals surface area contributed by atoms with E-state index in [0.29, 0.717) is 6.04 Å². The molecule has 2 nitrogen and oxygen atoms in total. The lowest BCUT2D eigenvalue weighted by Crippen LogP contribution is -2.35. The van der Waals surface area contributed by atoms with Crippen molar-refractivity contribution in [1.82, 2.24) is 0 Å². The minimum absolute atomic E-state index is 0.343. The number of aliphatic hydroxyl groups is 1. The van der Waals surface area contributed by atoms with Gasteiger partial charge in [-0.15, -0.1) is 0 Å². The zero-order valence-corrected chi connectivity index (χ0v) is 13.9. The first-order chi connectivity index (χ1) is 10.1. The average Bonchev–Trinajstić information content (AvgIpc) is 3.01. The molecule has 0 heterocycles. The summed E-state index contributed by atoms with van der Waals surface area (Å²) in [5.74, 6) is 0.720. The molecule has 0 unspecified atom stereocenters. The van der Waals surface area contributed by atoms with Crippen LogP contribution in [0.15, 0.2) is 24.3 Å². The van der Waals surface area contributed by atoms with Crippen molar-refractivity contribution in [1.29, 1.82) is 0 Å². The van der Waals surface area contributed by atoms with Gasteiger partial charge in [-0.1, -0.05) is 51.8 Å². The quantitative estimate of drug-likeness (QED) is 0.769. The molecule has 0 amide bonds. The maximum absolute atomic E-state index is 10.4. The fourth-order valence-corrected chi connectivity index (χ4v) is 3.36. The standard InChI is InChI=1S/C19H31NO/c1-4-19(21)17-11-7-8-12-18(17)20(14-13-15(2)3)16-9-5-6-10-16/h7-8,11-12,15-16,19,21H,4-6,9-10,13-14H2,1-3H3/t19-/m0/s1. The molecule has 1 atom stereocenters. The van der Waals surface area contributed by atoms with E-state index in [1.54, 1.807) is 0 Å². The van der Waals surface area contributed by atoms with Gasteiger partial charge in [-0.2, -0.15) is 0 Å². The molecule has 1 aromatic carbocycles. The third kappa shape index (κ3) is 4.23. The molecule has 2 heteroatoms. The van der Waals surface area contributed by atoms with Crippen LogP contribution in [-0.2, 0) is 0 Å². The third-order valence-electron chi connectivity index (χ3n) is 4.70. The molecular weight excluding hydrogens is 258 g/mol. The van der Waals surface area contributed by atoms with Crippen molar-refractivity contribution in [3.05, 3.63) is 29.8 Å². The monoisotopic (exact) mass is 289 g/mol. The lowest BCUT2D eigenvalue weighted by Gasteiger charge is -2.34. The molecule has 2 rings (SSSR count). The highest BCUT2D eigenvalue weighted by molar-refractivity contribution is 5.55. The molecule has 118 valence electrons. The SMILES string of the molecule is CC[C@H](O)c1ccccc1N(CCC(C)C)C1CCCC1. The molecule has 0 spiro atoms. The predicted molar refractivity (Wildman–Crippen MR) is 90.7 cm³/mol. The van der Waals surface area contributed by atoms with Gasteiger partial charge in [0.05, 0.1) is 6.10 Å². The molecule has 1 aromatic rings. The Morgan fingerprint density at radius 1 is 1.19 bits per heavy atom. The first-order valence-corrected chi connectivity index (χ1v) is 8.67. The van der Waals surface area contributed by atoms with Crippen LogP contribution < -0.4 is 4.90 Å². The maximum atomic E-state index is 10.4. The van der Waals surface area contributed by atoms with Crippen LogP contribution in [0.2, 0.25) is 0 Å².